The second-order valence-electron chi connectivity index (χ2n) is 12.3. The third-order valence-electron chi connectivity index (χ3n) is 8.12. The molecule has 0 bridgehead atoms. The van der Waals surface area contributed by atoms with E-state index in [1.54, 1.807) is 13.0 Å². The van der Waals surface area contributed by atoms with Crippen molar-refractivity contribution in [2.45, 2.75) is 81.3 Å². The van der Waals surface area contributed by atoms with Crippen molar-refractivity contribution in [3.05, 3.63) is 135 Å². The number of aryl methyl sites for hydroxylation is 1. The molecule has 3 nitrogen and oxygen atoms in total. The zero-order valence-electron chi connectivity index (χ0n) is 27.0. The van der Waals surface area contributed by atoms with Crippen LogP contribution in [0.3, 0.4) is 0 Å². The molecule has 1 saturated carbocycles. The summed E-state index contributed by atoms with van der Waals surface area (Å²) in [6, 6.07) is 4.35. The zero-order chi connectivity index (χ0) is 31.4. The van der Waals surface area contributed by atoms with Crippen molar-refractivity contribution in [2.75, 3.05) is 0 Å². The van der Waals surface area contributed by atoms with Crippen LogP contribution in [0.1, 0.15) is 76.6 Å². The zero-order valence-corrected chi connectivity index (χ0v) is 27.0. The van der Waals surface area contributed by atoms with Gasteiger partial charge in [0.1, 0.15) is 5.76 Å². The molecule has 2 N–H and O–H groups in total. The highest BCUT2D eigenvalue weighted by atomic mass is 16.3. The SMILES string of the molecule is CC(C=CC=C(C)C=Cc1ccc(C)c(C)c1C)=CC=CC=C(C)C=CC=C(C)C(O)=CC(=O)[C@@H]1C[C@H](O)CC1(C)C. The van der Waals surface area contributed by atoms with Crippen LogP contribution in [-0.4, -0.2) is 22.1 Å². The molecule has 0 heterocycles. The first-order chi connectivity index (χ1) is 19.7. The van der Waals surface area contributed by atoms with E-state index in [0.29, 0.717) is 18.4 Å². The number of carbonyl (C=O) groups excluding carboxylic acids is 1. The molecule has 2 rings (SSSR count). The van der Waals surface area contributed by atoms with E-state index < -0.39 is 6.10 Å². The molecule has 0 aliphatic heterocycles. The molecule has 0 amide bonds. The molecule has 2 atom stereocenters. The van der Waals surface area contributed by atoms with E-state index in [-0.39, 0.29) is 22.9 Å². The summed E-state index contributed by atoms with van der Waals surface area (Å²) < 4.78 is 0. The minimum atomic E-state index is -0.457. The lowest BCUT2D eigenvalue weighted by atomic mass is 9.79. The molecule has 1 fully saturated rings. The fourth-order valence-corrected chi connectivity index (χ4v) is 5.02. The Morgan fingerprint density at radius 3 is 1.93 bits per heavy atom. The second kappa shape index (κ2) is 16.1. The van der Waals surface area contributed by atoms with E-state index in [4.69, 9.17) is 0 Å². The van der Waals surface area contributed by atoms with Crippen molar-refractivity contribution < 1.29 is 15.0 Å². The van der Waals surface area contributed by atoms with Crippen LogP contribution in [0.25, 0.3) is 6.08 Å². The minimum Gasteiger partial charge on any atom is -0.508 e. The molecule has 0 radical (unpaired) electrons. The van der Waals surface area contributed by atoms with Gasteiger partial charge in [-0.1, -0.05) is 116 Å². The number of hydrogen-bond acceptors (Lipinski definition) is 3. The lowest BCUT2D eigenvalue weighted by Gasteiger charge is -2.24. The van der Waals surface area contributed by atoms with Gasteiger partial charge in [0.05, 0.1) is 6.10 Å². The van der Waals surface area contributed by atoms with E-state index in [1.165, 1.54) is 33.9 Å². The summed E-state index contributed by atoms with van der Waals surface area (Å²) >= 11 is 0. The third kappa shape index (κ3) is 10.9. The summed E-state index contributed by atoms with van der Waals surface area (Å²) in [6.45, 7) is 18.4. The average molecular weight is 567 g/mol. The molecular formula is C39H50O3. The van der Waals surface area contributed by atoms with Crippen LogP contribution in [0.4, 0.5) is 0 Å². The van der Waals surface area contributed by atoms with Gasteiger partial charge in [-0.3, -0.25) is 4.79 Å². The van der Waals surface area contributed by atoms with Crippen molar-refractivity contribution in [1.82, 2.24) is 0 Å². The van der Waals surface area contributed by atoms with Crippen LogP contribution in [0, 0.1) is 32.1 Å². The molecule has 1 aromatic carbocycles. The van der Waals surface area contributed by atoms with Gasteiger partial charge < -0.3 is 10.2 Å². The topological polar surface area (TPSA) is 57.5 Å². The maximum atomic E-state index is 12.7. The van der Waals surface area contributed by atoms with Gasteiger partial charge >= 0.3 is 0 Å². The molecule has 3 heteroatoms. The number of allylic oxidation sites excluding steroid dienone is 16. The fourth-order valence-electron chi connectivity index (χ4n) is 5.02. The second-order valence-corrected chi connectivity index (χ2v) is 12.3. The number of benzene rings is 1. The number of ketones is 1. The Kier molecular flexibility index (Phi) is 13.2. The lowest BCUT2D eigenvalue weighted by Crippen LogP contribution is -2.24. The highest BCUT2D eigenvalue weighted by Crippen LogP contribution is 2.43. The summed E-state index contributed by atoms with van der Waals surface area (Å²) in [7, 11) is 0. The Bertz CT molecular complexity index is 1400. The van der Waals surface area contributed by atoms with E-state index >= 15 is 0 Å². The van der Waals surface area contributed by atoms with Crippen LogP contribution in [0.15, 0.2) is 113 Å². The van der Waals surface area contributed by atoms with E-state index in [0.717, 1.165) is 11.1 Å². The van der Waals surface area contributed by atoms with Crippen molar-refractivity contribution in [1.29, 1.82) is 0 Å². The molecule has 0 spiro atoms. The van der Waals surface area contributed by atoms with Gasteiger partial charge in [-0.2, -0.15) is 0 Å². The third-order valence-corrected chi connectivity index (χ3v) is 8.12. The Morgan fingerprint density at radius 1 is 0.810 bits per heavy atom. The van der Waals surface area contributed by atoms with Crippen molar-refractivity contribution in [3.63, 3.8) is 0 Å². The van der Waals surface area contributed by atoms with Crippen molar-refractivity contribution in [3.8, 4) is 0 Å². The number of aliphatic hydroxyl groups excluding tert-OH is 2. The Labute approximate surface area is 254 Å². The van der Waals surface area contributed by atoms with E-state index in [1.807, 2.05) is 51.2 Å². The summed E-state index contributed by atoms with van der Waals surface area (Å²) in [6.07, 6.45) is 26.2. The van der Waals surface area contributed by atoms with Crippen molar-refractivity contribution >= 4 is 11.9 Å². The summed E-state index contributed by atoms with van der Waals surface area (Å²) in [5.41, 5.74) is 9.01. The highest BCUT2D eigenvalue weighted by Gasteiger charge is 2.43. The quantitative estimate of drug-likeness (QED) is 0.159. The molecule has 1 aliphatic rings. The Hall–Kier alpha value is -3.69. The smallest absolute Gasteiger partial charge is 0.163 e. The van der Waals surface area contributed by atoms with E-state index in [9.17, 15) is 15.0 Å². The van der Waals surface area contributed by atoms with Crippen molar-refractivity contribution in [2.24, 2.45) is 11.3 Å². The number of carbonyl (C=O) groups is 1. The molecule has 1 aromatic rings. The summed E-state index contributed by atoms with van der Waals surface area (Å²) in [4.78, 5) is 12.7. The Morgan fingerprint density at radius 2 is 1.36 bits per heavy atom. The fraction of sp³-hybridized carbons (Fsp3) is 0.359. The number of aliphatic hydroxyl groups is 2. The normalized spacial score (nSPS) is 21.1. The van der Waals surface area contributed by atoms with Crippen LogP contribution in [0.5, 0.6) is 0 Å². The Balaban J connectivity index is 1.90. The maximum Gasteiger partial charge on any atom is 0.163 e. The van der Waals surface area contributed by atoms with Crippen LogP contribution in [-0.2, 0) is 4.79 Å². The molecule has 0 saturated heterocycles. The first-order valence-corrected chi connectivity index (χ1v) is 14.8. The van der Waals surface area contributed by atoms with Gasteiger partial charge in [0, 0.05) is 12.0 Å². The van der Waals surface area contributed by atoms with Gasteiger partial charge in [-0.05, 0) is 94.5 Å². The predicted octanol–water partition coefficient (Wildman–Crippen LogP) is 9.89. The van der Waals surface area contributed by atoms with Gasteiger partial charge in [0.25, 0.3) is 0 Å². The van der Waals surface area contributed by atoms with Crippen LogP contribution >= 0.6 is 0 Å². The molecular weight excluding hydrogens is 516 g/mol. The van der Waals surface area contributed by atoms with E-state index in [2.05, 4.69) is 83.2 Å². The summed E-state index contributed by atoms with van der Waals surface area (Å²) in [5.74, 6) is -0.435. The first-order valence-electron chi connectivity index (χ1n) is 14.8. The minimum absolute atomic E-state index is 0.0328. The van der Waals surface area contributed by atoms with Crippen LogP contribution < -0.4 is 0 Å². The monoisotopic (exact) mass is 566 g/mol. The number of rotatable bonds is 11. The lowest BCUT2D eigenvalue weighted by molar-refractivity contribution is -0.120. The highest BCUT2D eigenvalue weighted by molar-refractivity contribution is 5.93. The first kappa shape index (κ1) is 34.5. The molecule has 1 aliphatic carbocycles. The van der Waals surface area contributed by atoms with Gasteiger partial charge in [0.2, 0.25) is 0 Å². The number of hydrogen-bond donors (Lipinski definition) is 2. The average Bonchev–Trinajstić information content (AvgIpc) is 3.20. The van der Waals surface area contributed by atoms with Gasteiger partial charge in [-0.25, -0.2) is 0 Å². The maximum absolute atomic E-state index is 12.7. The predicted molar refractivity (Wildman–Crippen MR) is 180 cm³/mol. The largest absolute Gasteiger partial charge is 0.508 e. The van der Waals surface area contributed by atoms with Crippen LogP contribution in [0.2, 0.25) is 0 Å². The van der Waals surface area contributed by atoms with Gasteiger partial charge in [0.15, 0.2) is 5.78 Å². The standard InChI is InChI=1S/C39H50O3/c1-27(16-12-17-29(3)20-22-34-23-21-30(4)32(6)33(34)7)14-10-11-15-28(2)18-13-19-31(5)37(41)25-38(42)36-24-35(40)26-39(36,8)9/h10-23,25,35-36,40-41H,24,26H2,1-9H3/t35-,36-/m0/s1. The molecule has 224 valence electrons. The summed E-state index contributed by atoms with van der Waals surface area (Å²) in [5, 5.41) is 20.3. The van der Waals surface area contributed by atoms with Gasteiger partial charge in [-0.15, -0.1) is 0 Å². The molecule has 0 aromatic heterocycles. The molecule has 42 heavy (non-hydrogen) atoms. The molecule has 0 unspecified atom stereocenters.